The summed E-state index contributed by atoms with van der Waals surface area (Å²) in [5, 5.41) is 9.43. The third kappa shape index (κ3) is 2.78. The molecule has 1 aliphatic rings. The summed E-state index contributed by atoms with van der Waals surface area (Å²) in [6.45, 7) is -0.169. The lowest BCUT2D eigenvalue weighted by molar-refractivity contribution is -0.138. The number of rotatable bonds is 5. The number of nitrogens with zero attached hydrogens (tertiary/aromatic N) is 1. The highest BCUT2D eigenvalue weighted by Gasteiger charge is 2.40. The molecule has 0 radical (unpaired) electrons. The van der Waals surface area contributed by atoms with E-state index in [0.717, 1.165) is 4.31 Å². The zero-order valence-electron chi connectivity index (χ0n) is 13.7. The van der Waals surface area contributed by atoms with E-state index in [-0.39, 0.29) is 17.2 Å². The van der Waals surface area contributed by atoms with Gasteiger partial charge in [0.15, 0.2) is 0 Å². The van der Waals surface area contributed by atoms with Crippen molar-refractivity contribution in [2.24, 2.45) is 0 Å². The van der Waals surface area contributed by atoms with Gasteiger partial charge in [-0.3, -0.25) is 9.10 Å². The van der Waals surface area contributed by atoms with Crippen molar-refractivity contribution in [3.8, 4) is 11.5 Å². The van der Waals surface area contributed by atoms with Gasteiger partial charge in [0.1, 0.15) is 22.3 Å². The van der Waals surface area contributed by atoms with Crippen LogP contribution in [0.3, 0.4) is 0 Å². The van der Waals surface area contributed by atoms with Crippen LogP contribution in [0.1, 0.15) is 11.5 Å². The van der Waals surface area contributed by atoms with Crippen LogP contribution in [0.5, 0.6) is 11.5 Å². The zero-order chi connectivity index (χ0) is 18.2. The second kappa shape index (κ2) is 6.29. The first-order chi connectivity index (χ1) is 11.9. The quantitative estimate of drug-likeness (QED) is 0.874. The standard InChI is InChI=1S/C17H17NO6S/c1-23-11-7-8-15(24-2)16(9-11)25(21,22)18-10-13(17(19)20)12-5-3-4-6-14(12)18/h3-9,13H,10H2,1-2H3,(H,19,20)/t13-/m1/s1. The van der Waals surface area contributed by atoms with Crippen molar-refractivity contribution >= 4 is 21.7 Å². The zero-order valence-corrected chi connectivity index (χ0v) is 14.5. The summed E-state index contributed by atoms with van der Waals surface area (Å²) in [4.78, 5) is 11.5. The highest BCUT2D eigenvalue weighted by atomic mass is 32.2. The molecule has 1 N–H and O–H groups in total. The Labute approximate surface area is 145 Å². The van der Waals surface area contributed by atoms with Crippen molar-refractivity contribution in [1.82, 2.24) is 0 Å². The number of carboxylic acid groups (broad SMARTS) is 1. The van der Waals surface area contributed by atoms with Crippen molar-refractivity contribution in [2.45, 2.75) is 10.8 Å². The Morgan fingerprint density at radius 2 is 1.88 bits per heavy atom. The molecule has 0 aromatic heterocycles. The van der Waals surface area contributed by atoms with Crippen LogP contribution in [-0.2, 0) is 14.8 Å². The lowest BCUT2D eigenvalue weighted by Crippen LogP contribution is -2.31. The highest BCUT2D eigenvalue weighted by Crippen LogP contribution is 2.41. The molecule has 1 heterocycles. The summed E-state index contributed by atoms with van der Waals surface area (Å²) in [7, 11) is -1.22. The molecule has 0 aliphatic carbocycles. The van der Waals surface area contributed by atoms with Crippen molar-refractivity contribution in [1.29, 1.82) is 0 Å². The van der Waals surface area contributed by atoms with E-state index in [0.29, 0.717) is 17.0 Å². The van der Waals surface area contributed by atoms with E-state index in [1.54, 1.807) is 30.3 Å². The molecule has 0 fully saturated rings. The summed E-state index contributed by atoms with van der Waals surface area (Å²) in [5.41, 5.74) is 0.834. The van der Waals surface area contributed by atoms with Crippen LogP contribution in [0.25, 0.3) is 0 Å². The molecule has 2 aromatic carbocycles. The molecular formula is C17H17NO6S. The minimum absolute atomic E-state index is 0.0739. The molecule has 0 spiro atoms. The number of benzene rings is 2. The maximum Gasteiger partial charge on any atom is 0.312 e. The van der Waals surface area contributed by atoms with E-state index in [2.05, 4.69) is 0 Å². The van der Waals surface area contributed by atoms with Gasteiger partial charge >= 0.3 is 5.97 Å². The molecule has 0 saturated heterocycles. The van der Waals surface area contributed by atoms with Crippen LogP contribution in [0, 0.1) is 0 Å². The van der Waals surface area contributed by atoms with E-state index in [1.165, 1.54) is 26.4 Å². The fraction of sp³-hybridized carbons (Fsp3) is 0.235. The number of methoxy groups -OCH3 is 2. The minimum Gasteiger partial charge on any atom is -0.497 e. The summed E-state index contributed by atoms with van der Waals surface area (Å²) in [6, 6.07) is 11.1. The molecule has 1 atom stereocenters. The Kier molecular flexibility index (Phi) is 4.30. The van der Waals surface area contributed by atoms with Gasteiger partial charge < -0.3 is 14.6 Å². The monoisotopic (exact) mass is 363 g/mol. The SMILES string of the molecule is COc1ccc(OC)c(S(=O)(=O)N2C[C@@H](C(=O)O)c3ccccc32)c1. The maximum atomic E-state index is 13.2. The fourth-order valence-electron chi connectivity index (χ4n) is 2.91. The maximum absolute atomic E-state index is 13.2. The van der Waals surface area contributed by atoms with Crippen LogP contribution in [0.15, 0.2) is 47.4 Å². The first kappa shape index (κ1) is 17.1. The second-order valence-corrected chi connectivity index (χ2v) is 7.33. The Balaban J connectivity index is 2.15. The smallest absolute Gasteiger partial charge is 0.312 e. The lowest BCUT2D eigenvalue weighted by Gasteiger charge is -2.21. The normalized spacial score (nSPS) is 16.4. The average molecular weight is 363 g/mol. The van der Waals surface area contributed by atoms with Crippen molar-refractivity contribution in [3.63, 3.8) is 0 Å². The van der Waals surface area contributed by atoms with Crippen LogP contribution in [0.2, 0.25) is 0 Å². The van der Waals surface area contributed by atoms with Crippen LogP contribution in [-0.4, -0.2) is 40.3 Å². The summed E-state index contributed by atoms with van der Waals surface area (Å²) >= 11 is 0. The molecule has 2 aromatic rings. The average Bonchev–Trinajstić information content (AvgIpc) is 3.02. The largest absolute Gasteiger partial charge is 0.497 e. The van der Waals surface area contributed by atoms with Gasteiger partial charge in [-0.2, -0.15) is 0 Å². The molecular weight excluding hydrogens is 346 g/mol. The van der Waals surface area contributed by atoms with E-state index in [9.17, 15) is 18.3 Å². The molecule has 3 rings (SSSR count). The first-order valence-corrected chi connectivity index (χ1v) is 8.90. The van der Waals surface area contributed by atoms with Gasteiger partial charge in [-0.15, -0.1) is 0 Å². The predicted octanol–water partition coefficient (Wildman–Crippen LogP) is 2.08. The van der Waals surface area contributed by atoms with Crippen LogP contribution in [0.4, 0.5) is 5.69 Å². The van der Waals surface area contributed by atoms with Gasteiger partial charge in [0.25, 0.3) is 10.0 Å². The second-order valence-electron chi connectivity index (χ2n) is 5.50. The molecule has 0 unspecified atom stereocenters. The van der Waals surface area contributed by atoms with Gasteiger partial charge in [0.05, 0.1) is 26.5 Å². The number of sulfonamides is 1. The first-order valence-electron chi connectivity index (χ1n) is 7.46. The summed E-state index contributed by atoms with van der Waals surface area (Å²) < 4.78 is 37.8. The molecule has 1 aliphatic heterocycles. The summed E-state index contributed by atoms with van der Waals surface area (Å²) in [6.07, 6.45) is 0. The molecule has 0 saturated carbocycles. The molecule has 0 bridgehead atoms. The van der Waals surface area contributed by atoms with Gasteiger partial charge in [-0.1, -0.05) is 18.2 Å². The van der Waals surface area contributed by atoms with Gasteiger partial charge in [-0.25, -0.2) is 8.42 Å². The van der Waals surface area contributed by atoms with E-state index < -0.39 is 21.9 Å². The van der Waals surface area contributed by atoms with Crippen LogP contribution < -0.4 is 13.8 Å². The predicted molar refractivity (Wildman–Crippen MR) is 90.9 cm³/mol. The molecule has 8 heteroatoms. The Morgan fingerprint density at radius 1 is 1.16 bits per heavy atom. The van der Waals surface area contributed by atoms with E-state index in [1.807, 2.05) is 0 Å². The number of aliphatic carboxylic acids is 1. The molecule has 7 nitrogen and oxygen atoms in total. The van der Waals surface area contributed by atoms with Crippen LogP contribution >= 0.6 is 0 Å². The van der Waals surface area contributed by atoms with Crippen molar-refractivity contribution < 1.29 is 27.8 Å². The fourth-order valence-corrected chi connectivity index (χ4v) is 4.59. The number of para-hydroxylation sites is 1. The minimum atomic E-state index is -4.03. The molecule has 25 heavy (non-hydrogen) atoms. The third-order valence-electron chi connectivity index (χ3n) is 4.17. The number of hydrogen-bond acceptors (Lipinski definition) is 5. The van der Waals surface area contributed by atoms with Gasteiger partial charge in [-0.05, 0) is 23.8 Å². The number of carboxylic acids is 1. The molecule has 132 valence electrons. The number of ether oxygens (including phenoxy) is 2. The van der Waals surface area contributed by atoms with Gasteiger partial charge in [0, 0.05) is 6.07 Å². The number of anilines is 1. The van der Waals surface area contributed by atoms with E-state index in [4.69, 9.17) is 9.47 Å². The van der Waals surface area contributed by atoms with Gasteiger partial charge in [0.2, 0.25) is 0 Å². The number of hydrogen-bond donors (Lipinski definition) is 1. The van der Waals surface area contributed by atoms with Crippen molar-refractivity contribution in [2.75, 3.05) is 25.1 Å². The Bertz CT molecular complexity index is 924. The third-order valence-corrected chi connectivity index (χ3v) is 5.97. The number of carbonyl (C=O) groups is 1. The van der Waals surface area contributed by atoms with Crippen molar-refractivity contribution in [3.05, 3.63) is 48.0 Å². The topological polar surface area (TPSA) is 93.1 Å². The lowest BCUT2D eigenvalue weighted by atomic mass is 10.0. The van der Waals surface area contributed by atoms with E-state index >= 15 is 0 Å². The Hall–Kier alpha value is -2.74. The number of fused-ring (bicyclic) bond motifs is 1. The Morgan fingerprint density at radius 3 is 2.52 bits per heavy atom. The highest BCUT2D eigenvalue weighted by molar-refractivity contribution is 7.93. The molecule has 0 amide bonds. The summed E-state index contributed by atoms with van der Waals surface area (Å²) in [5.74, 6) is -1.45.